The molecular formula is C21H19N5O. The molecule has 0 saturated carbocycles. The summed E-state index contributed by atoms with van der Waals surface area (Å²) in [6.45, 7) is 0. The molecule has 0 atom stereocenters. The lowest BCUT2D eigenvalue weighted by Gasteiger charge is -2.13. The van der Waals surface area contributed by atoms with Crippen LogP contribution in [0, 0.1) is 11.3 Å². The number of amides is 1. The summed E-state index contributed by atoms with van der Waals surface area (Å²) in [4.78, 5) is 18.6. The second-order valence-electron chi connectivity index (χ2n) is 6.14. The maximum atomic E-state index is 12.4. The van der Waals surface area contributed by atoms with Crippen molar-refractivity contribution in [3.05, 3.63) is 78.1 Å². The highest BCUT2D eigenvalue weighted by Crippen LogP contribution is 2.20. The minimum Gasteiger partial charge on any atom is -0.378 e. The van der Waals surface area contributed by atoms with Gasteiger partial charge >= 0.3 is 0 Å². The van der Waals surface area contributed by atoms with E-state index >= 15 is 0 Å². The fourth-order valence-electron chi connectivity index (χ4n) is 2.50. The number of anilines is 4. The first-order valence-electron chi connectivity index (χ1n) is 8.37. The predicted octanol–water partition coefficient (Wildman–Crippen LogP) is 4.02. The van der Waals surface area contributed by atoms with Crippen molar-refractivity contribution >= 4 is 28.7 Å². The number of pyridine rings is 1. The first kappa shape index (κ1) is 18.0. The Morgan fingerprint density at radius 3 is 2.48 bits per heavy atom. The Kier molecular flexibility index (Phi) is 5.33. The summed E-state index contributed by atoms with van der Waals surface area (Å²) in [6, 6.07) is 20.3. The zero-order valence-electron chi connectivity index (χ0n) is 15.1. The van der Waals surface area contributed by atoms with Gasteiger partial charge < -0.3 is 15.5 Å². The number of nitrogens with zero attached hydrogens (tertiary/aromatic N) is 3. The van der Waals surface area contributed by atoms with Gasteiger partial charge in [-0.2, -0.15) is 5.26 Å². The second-order valence-corrected chi connectivity index (χ2v) is 6.14. The molecule has 0 saturated heterocycles. The van der Waals surface area contributed by atoms with Gasteiger partial charge in [-0.15, -0.1) is 0 Å². The summed E-state index contributed by atoms with van der Waals surface area (Å²) in [5.74, 6) is -0.336. The van der Waals surface area contributed by atoms with E-state index in [4.69, 9.17) is 5.26 Å². The molecule has 134 valence electrons. The zero-order chi connectivity index (χ0) is 19.2. The van der Waals surface area contributed by atoms with Crippen LogP contribution in [0.3, 0.4) is 0 Å². The average Bonchev–Trinajstić information content (AvgIpc) is 2.68. The van der Waals surface area contributed by atoms with Crippen LogP contribution in [0.15, 0.2) is 66.9 Å². The van der Waals surface area contributed by atoms with Crippen molar-refractivity contribution in [1.82, 2.24) is 4.98 Å². The van der Waals surface area contributed by atoms with Crippen molar-refractivity contribution in [3.8, 4) is 6.07 Å². The van der Waals surface area contributed by atoms with Crippen LogP contribution in [0.5, 0.6) is 0 Å². The van der Waals surface area contributed by atoms with Gasteiger partial charge in [0, 0.05) is 43.0 Å². The van der Waals surface area contributed by atoms with Gasteiger partial charge in [0.1, 0.15) is 5.69 Å². The summed E-state index contributed by atoms with van der Waals surface area (Å²) < 4.78 is 0. The Labute approximate surface area is 158 Å². The SMILES string of the molecule is CN(C)c1ccc(Nc2ccnc(C(=O)Nc3cccc(C#N)c3)c2)cc1. The van der Waals surface area contributed by atoms with E-state index in [1.165, 1.54) is 0 Å². The Hall–Kier alpha value is -3.85. The Morgan fingerprint density at radius 1 is 1.00 bits per heavy atom. The van der Waals surface area contributed by atoms with Crippen LogP contribution >= 0.6 is 0 Å². The number of hydrogen-bond donors (Lipinski definition) is 2. The summed E-state index contributed by atoms with van der Waals surface area (Å²) in [5.41, 5.74) is 4.11. The third-order valence-electron chi connectivity index (χ3n) is 3.91. The van der Waals surface area contributed by atoms with Crippen molar-refractivity contribution in [1.29, 1.82) is 5.26 Å². The number of nitrogens with one attached hydrogen (secondary N) is 2. The molecule has 3 rings (SSSR count). The van der Waals surface area contributed by atoms with Crippen molar-refractivity contribution in [2.24, 2.45) is 0 Å². The Balaban J connectivity index is 1.72. The quantitative estimate of drug-likeness (QED) is 0.721. The maximum Gasteiger partial charge on any atom is 0.274 e. The van der Waals surface area contributed by atoms with Gasteiger partial charge in [0.15, 0.2) is 0 Å². The minimum absolute atomic E-state index is 0.285. The highest BCUT2D eigenvalue weighted by molar-refractivity contribution is 6.03. The number of aromatic nitrogens is 1. The number of hydrogen-bond acceptors (Lipinski definition) is 5. The van der Waals surface area contributed by atoms with Gasteiger partial charge in [0.25, 0.3) is 5.91 Å². The number of carbonyl (C=O) groups is 1. The second kappa shape index (κ2) is 8.02. The molecule has 2 aromatic carbocycles. The van der Waals surface area contributed by atoms with Crippen molar-refractivity contribution in [3.63, 3.8) is 0 Å². The summed E-state index contributed by atoms with van der Waals surface area (Å²) in [5, 5.41) is 15.0. The van der Waals surface area contributed by atoms with E-state index in [1.807, 2.05) is 49.3 Å². The van der Waals surface area contributed by atoms with E-state index in [2.05, 4.69) is 15.6 Å². The van der Waals surface area contributed by atoms with Crippen molar-refractivity contribution < 1.29 is 4.79 Å². The fourth-order valence-corrected chi connectivity index (χ4v) is 2.50. The molecule has 6 nitrogen and oxygen atoms in total. The van der Waals surface area contributed by atoms with E-state index < -0.39 is 0 Å². The molecule has 0 aliphatic rings. The highest BCUT2D eigenvalue weighted by Gasteiger charge is 2.09. The lowest BCUT2D eigenvalue weighted by molar-refractivity contribution is 0.102. The summed E-state index contributed by atoms with van der Waals surface area (Å²) in [7, 11) is 3.98. The van der Waals surface area contributed by atoms with Crippen LogP contribution in [-0.4, -0.2) is 25.0 Å². The van der Waals surface area contributed by atoms with E-state index in [0.29, 0.717) is 11.3 Å². The van der Waals surface area contributed by atoms with E-state index in [0.717, 1.165) is 17.1 Å². The molecule has 2 N–H and O–H groups in total. The molecular weight excluding hydrogens is 338 g/mol. The molecule has 0 radical (unpaired) electrons. The number of benzene rings is 2. The van der Waals surface area contributed by atoms with Crippen LogP contribution in [-0.2, 0) is 0 Å². The standard InChI is InChI=1S/C21H19N5O/c1-26(2)19-8-6-16(7-9-19)24-18-10-11-23-20(13-18)21(27)25-17-5-3-4-15(12-17)14-22/h3-13H,1-2H3,(H,23,24)(H,25,27). The topological polar surface area (TPSA) is 81.1 Å². The number of nitriles is 1. The molecule has 3 aromatic rings. The maximum absolute atomic E-state index is 12.4. The molecule has 0 aliphatic heterocycles. The molecule has 0 spiro atoms. The van der Waals surface area contributed by atoms with Gasteiger partial charge in [0.2, 0.25) is 0 Å². The number of rotatable bonds is 5. The Bertz CT molecular complexity index is 990. The molecule has 6 heteroatoms. The normalized spacial score (nSPS) is 9.96. The molecule has 1 amide bonds. The third kappa shape index (κ3) is 4.61. The zero-order valence-corrected chi connectivity index (χ0v) is 15.1. The van der Waals surface area contributed by atoms with Crippen molar-refractivity contribution in [2.45, 2.75) is 0 Å². The third-order valence-corrected chi connectivity index (χ3v) is 3.91. The molecule has 0 aliphatic carbocycles. The highest BCUT2D eigenvalue weighted by atomic mass is 16.1. The lowest BCUT2D eigenvalue weighted by Crippen LogP contribution is -2.13. The molecule has 1 heterocycles. The first-order chi connectivity index (χ1) is 13.0. The van der Waals surface area contributed by atoms with E-state index in [-0.39, 0.29) is 11.6 Å². The van der Waals surface area contributed by atoms with Crippen LogP contribution in [0.25, 0.3) is 0 Å². The molecule has 0 fully saturated rings. The smallest absolute Gasteiger partial charge is 0.274 e. The average molecular weight is 357 g/mol. The van der Waals surface area contributed by atoms with Crippen LogP contribution in [0.2, 0.25) is 0 Å². The van der Waals surface area contributed by atoms with Crippen LogP contribution in [0.4, 0.5) is 22.7 Å². The largest absolute Gasteiger partial charge is 0.378 e. The monoisotopic (exact) mass is 357 g/mol. The van der Waals surface area contributed by atoms with Gasteiger partial charge in [-0.25, -0.2) is 0 Å². The summed E-state index contributed by atoms with van der Waals surface area (Å²) >= 11 is 0. The van der Waals surface area contributed by atoms with Gasteiger partial charge in [-0.3, -0.25) is 9.78 Å². The van der Waals surface area contributed by atoms with Gasteiger partial charge in [-0.1, -0.05) is 6.07 Å². The van der Waals surface area contributed by atoms with Crippen LogP contribution in [0.1, 0.15) is 16.1 Å². The van der Waals surface area contributed by atoms with E-state index in [1.54, 1.807) is 42.6 Å². The van der Waals surface area contributed by atoms with Gasteiger partial charge in [-0.05, 0) is 54.6 Å². The Morgan fingerprint density at radius 2 is 1.78 bits per heavy atom. The predicted molar refractivity (Wildman–Crippen MR) is 107 cm³/mol. The van der Waals surface area contributed by atoms with Gasteiger partial charge in [0.05, 0.1) is 11.6 Å². The van der Waals surface area contributed by atoms with E-state index in [9.17, 15) is 4.79 Å². The first-order valence-corrected chi connectivity index (χ1v) is 8.37. The van der Waals surface area contributed by atoms with Crippen LogP contribution < -0.4 is 15.5 Å². The minimum atomic E-state index is -0.336. The summed E-state index contributed by atoms with van der Waals surface area (Å²) in [6.07, 6.45) is 1.58. The van der Waals surface area contributed by atoms with Crippen molar-refractivity contribution in [2.75, 3.05) is 29.6 Å². The molecule has 27 heavy (non-hydrogen) atoms. The molecule has 0 bridgehead atoms. The fraction of sp³-hybridized carbons (Fsp3) is 0.0952. The molecule has 1 aromatic heterocycles. The molecule has 0 unspecified atom stereocenters. The lowest BCUT2D eigenvalue weighted by atomic mass is 10.2. The number of carbonyl (C=O) groups excluding carboxylic acids is 1.